The summed E-state index contributed by atoms with van der Waals surface area (Å²) in [5, 5.41) is 5.79. The molecule has 2 unspecified atom stereocenters. The van der Waals surface area contributed by atoms with E-state index in [2.05, 4.69) is 10.6 Å². The topological polar surface area (TPSA) is 61.4 Å². The molecule has 0 aromatic heterocycles. The summed E-state index contributed by atoms with van der Waals surface area (Å²) in [6, 6.07) is 0. The predicted octanol–water partition coefficient (Wildman–Crippen LogP) is -1.26. The molecule has 5 heteroatoms. The van der Waals surface area contributed by atoms with Crippen LogP contribution < -0.4 is 10.6 Å². The Morgan fingerprint density at radius 1 is 1.60 bits per heavy atom. The molecule has 2 aliphatic heterocycles. The monoisotopic (exact) mass is 211 g/mol. The van der Waals surface area contributed by atoms with Crippen molar-refractivity contribution in [3.8, 4) is 0 Å². The number of likely N-dealkylation sites (tertiary alicyclic amines) is 1. The summed E-state index contributed by atoms with van der Waals surface area (Å²) in [5.41, 5.74) is -0.926. The Kier molecular flexibility index (Phi) is 2.31. The second kappa shape index (κ2) is 3.28. The molecule has 15 heavy (non-hydrogen) atoms. The molecule has 0 aromatic rings. The Bertz CT molecular complexity index is 307. The van der Waals surface area contributed by atoms with Gasteiger partial charge in [-0.25, -0.2) is 0 Å². The Hall–Kier alpha value is -0.940. The molecule has 2 heterocycles. The van der Waals surface area contributed by atoms with Gasteiger partial charge in [0.25, 0.3) is 0 Å². The van der Waals surface area contributed by atoms with E-state index in [1.54, 1.807) is 0 Å². The highest BCUT2D eigenvalue weighted by molar-refractivity contribution is 5.94. The van der Waals surface area contributed by atoms with Crippen molar-refractivity contribution in [2.24, 2.45) is 0 Å². The largest absolute Gasteiger partial charge is 0.352 e. The Labute approximate surface area is 89.2 Å². The van der Waals surface area contributed by atoms with E-state index in [9.17, 15) is 9.59 Å². The van der Waals surface area contributed by atoms with Crippen LogP contribution in [0.15, 0.2) is 0 Å². The number of carbonyl (C=O) groups is 2. The van der Waals surface area contributed by atoms with Gasteiger partial charge in [0.05, 0.1) is 5.54 Å². The first-order valence-electron chi connectivity index (χ1n) is 5.24. The summed E-state index contributed by atoms with van der Waals surface area (Å²) in [6.07, 6.45) is 2.50. The fourth-order valence-corrected chi connectivity index (χ4v) is 2.72. The first kappa shape index (κ1) is 10.6. The number of nitrogens with one attached hydrogen (secondary N) is 2. The van der Waals surface area contributed by atoms with Crippen LogP contribution in [0.1, 0.15) is 12.8 Å². The number of nitrogens with zero attached hydrogens (tertiary/aromatic N) is 1. The average Bonchev–Trinajstić information content (AvgIpc) is 2.54. The zero-order chi connectivity index (χ0) is 11.1. The van der Waals surface area contributed by atoms with E-state index in [4.69, 9.17) is 0 Å². The van der Waals surface area contributed by atoms with Crippen LogP contribution in [0.4, 0.5) is 0 Å². The maximum absolute atomic E-state index is 11.6. The summed E-state index contributed by atoms with van der Waals surface area (Å²) in [5.74, 6) is 0.0600. The predicted molar refractivity (Wildman–Crippen MR) is 55.5 cm³/mol. The number of carbonyl (C=O) groups excluding carboxylic acids is 2. The molecule has 0 aromatic carbocycles. The normalized spacial score (nSPS) is 40.3. The van der Waals surface area contributed by atoms with E-state index in [-0.39, 0.29) is 5.91 Å². The molecule has 5 nitrogen and oxygen atoms in total. The van der Waals surface area contributed by atoms with Gasteiger partial charge >= 0.3 is 0 Å². The average molecular weight is 211 g/mol. The molecule has 0 radical (unpaired) electrons. The zero-order valence-corrected chi connectivity index (χ0v) is 9.17. The second-order valence-corrected chi connectivity index (χ2v) is 4.53. The molecule has 2 rings (SSSR count). The van der Waals surface area contributed by atoms with Crippen LogP contribution in [-0.2, 0) is 9.59 Å². The quantitative estimate of drug-likeness (QED) is 0.452. The molecule has 0 bridgehead atoms. The number of rotatable bonds is 3. The molecule has 2 N–H and O–H groups in total. The molecule has 2 aliphatic rings. The minimum Gasteiger partial charge on any atom is -0.352 e. The third-order valence-electron chi connectivity index (χ3n) is 3.95. The third-order valence-corrected chi connectivity index (χ3v) is 3.95. The Morgan fingerprint density at radius 3 is 2.67 bits per heavy atom. The Balaban J connectivity index is 2.25. The van der Waals surface area contributed by atoms with E-state index in [0.29, 0.717) is 13.1 Å². The number of hydrogen-bond acceptors (Lipinski definition) is 4. The fourth-order valence-electron chi connectivity index (χ4n) is 2.72. The highest BCUT2D eigenvalue weighted by Crippen LogP contribution is 2.41. The van der Waals surface area contributed by atoms with Crippen molar-refractivity contribution in [1.29, 1.82) is 0 Å². The smallest absolute Gasteiger partial charge is 0.242 e. The number of hydrogen-bond donors (Lipinski definition) is 2. The van der Waals surface area contributed by atoms with Crippen molar-refractivity contribution in [3.63, 3.8) is 0 Å². The van der Waals surface area contributed by atoms with Gasteiger partial charge in [-0.2, -0.15) is 0 Å². The van der Waals surface area contributed by atoms with Crippen molar-refractivity contribution in [2.45, 2.75) is 23.9 Å². The van der Waals surface area contributed by atoms with Gasteiger partial charge in [-0.1, -0.05) is 0 Å². The van der Waals surface area contributed by atoms with Crippen molar-refractivity contribution in [3.05, 3.63) is 0 Å². The molecule has 2 fully saturated rings. The first-order valence-corrected chi connectivity index (χ1v) is 5.24. The van der Waals surface area contributed by atoms with Crippen LogP contribution in [-0.4, -0.2) is 55.4 Å². The van der Waals surface area contributed by atoms with Gasteiger partial charge in [-0.3, -0.25) is 9.69 Å². The van der Waals surface area contributed by atoms with Gasteiger partial charge < -0.3 is 15.4 Å². The molecule has 84 valence electrons. The van der Waals surface area contributed by atoms with Gasteiger partial charge in [-0.05, 0) is 26.9 Å². The summed E-state index contributed by atoms with van der Waals surface area (Å²) in [4.78, 5) is 24.8. The molecule has 1 spiro atoms. The van der Waals surface area contributed by atoms with Crippen LogP contribution in [0.2, 0.25) is 0 Å². The van der Waals surface area contributed by atoms with Gasteiger partial charge in [0.1, 0.15) is 11.8 Å². The lowest BCUT2D eigenvalue weighted by Gasteiger charge is -2.46. The van der Waals surface area contributed by atoms with Crippen LogP contribution in [0, 0.1) is 0 Å². The lowest BCUT2D eigenvalue weighted by Crippen LogP contribution is -2.73. The molecular formula is C10H17N3O2. The van der Waals surface area contributed by atoms with Gasteiger partial charge in [0.15, 0.2) is 0 Å². The highest BCUT2D eigenvalue weighted by atomic mass is 16.2. The number of amides is 1. The van der Waals surface area contributed by atoms with Gasteiger partial charge in [0, 0.05) is 13.1 Å². The van der Waals surface area contributed by atoms with Crippen LogP contribution in [0.5, 0.6) is 0 Å². The molecule has 1 amide bonds. The lowest BCUT2D eigenvalue weighted by molar-refractivity contribution is -0.143. The summed E-state index contributed by atoms with van der Waals surface area (Å²) in [6.45, 7) is 1.27. The standard InChI is InChI=1S/C10H17N3O2/c1-11-5-9(7-14)3-4-10(13(9)2)6-12-8(10)15/h7,11H,3-6H2,1-2H3,(H,12,15). The third kappa shape index (κ3) is 1.16. The van der Waals surface area contributed by atoms with Crippen molar-refractivity contribution < 1.29 is 9.59 Å². The maximum Gasteiger partial charge on any atom is 0.242 e. The fraction of sp³-hybridized carbons (Fsp3) is 0.800. The van der Waals surface area contributed by atoms with E-state index >= 15 is 0 Å². The van der Waals surface area contributed by atoms with E-state index in [1.807, 2.05) is 19.0 Å². The van der Waals surface area contributed by atoms with E-state index in [1.165, 1.54) is 0 Å². The number of likely N-dealkylation sites (N-methyl/N-ethyl adjacent to an activating group) is 2. The van der Waals surface area contributed by atoms with Crippen molar-refractivity contribution in [1.82, 2.24) is 15.5 Å². The van der Waals surface area contributed by atoms with Crippen LogP contribution in [0.3, 0.4) is 0 Å². The highest BCUT2D eigenvalue weighted by Gasteiger charge is 2.60. The minimum absolute atomic E-state index is 0.0600. The number of aldehydes is 1. The second-order valence-electron chi connectivity index (χ2n) is 4.53. The molecule has 0 aliphatic carbocycles. The minimum atomic E-state index is -0.507. The summed E-state index contributed by atoms with van der Waals surface area (Å²) in [7, 11) is 3.70. The summed E-state index contributed by atoms with van der Waals surface area (Å²) < 4.78 is 0. The molecule has 2 saturated heterocycles. The lowest BCUT2D eigenvalue weighted by atomic mass is 9.89. The number of β-lactam (4-membered cyclic amide) rings is 1. The molecule has 2 atom stereocenters. The van der Waals surface area contributed by atoms with Crippen LogP contribution >= 0.6 is 0 Å². The first-order chi connectivity index (χ1) is 7.11. The SMILES string of the molecule is CNCC1(C=O)CCC2(CNC2=O)N1C. The van der Waals surface area contributed by atoms with Crippen LogP contribution in [0.25, 0.3) is 0 Å². The molecule has 0 saturated carbocycles. The van der Waals surface area contributed by atoms with E-state index < -0.39 is 11.1 Å². The van der Waals surface area contributed by atoms with E-state index in [0.717, 1.165) is 19.1 Å². The van der Waals surface area contributed by atoms with Crippen molar-refractivity contribution >= 4 is 12.2 Å². The summed E-state index contributed by atoms with van der Waals surface area (Å²) >= 11 is 0. The maximum atomic E-state index is 11.6. The Morgan fingerprint density at radius 2 is 2.33 bits per heavy atom. The molecular weight excluding hydrogens is 194 g/mol. The van der Waals surface area contributed by atoms with Gasteiger partial charge in [0.2, 0.25) is 5.91 Å². The van der Waals surface area contributed by atoms with Gasteiger partial charge in [-0.15, -0.1) is 0 Å². The zero-order valence-electron chi connectivity index (χ0n) is 9.17. The van der Waals surface area contributed by atoms with Crippen molar-refractivity contribution in [2.75, 3.05) is 27.2 Å².